The molecule has 12 aromatic rings. The number of anilines is 3. The lowest BCUT2D eigenvalue weighted by atomic mass is 9.93. The van der Waals surface area contributed by atoms with Crippen LogP contribution in [0.4, 0.5) is 17.1 Å². The molecule has 0 saturated carbocycles. The Morgan fingerprint density at radius 1 is 0.274 bits per heavy atom. The molecule has 0 bridgehead atoms. The molecular weight excluding hydrogens is 749 g/mol. The normalized spacial score (nSPS) is 11.5. The molecule has 0 fully saturated rings. The third-order valence-corrected chi connectivity index (χ3v) is 12.6. The van der Waals surface area contributed by atoms with E-state index in [0.717, 1.165) is 39.4 Å². The van der Waals surface area contributed by atoms with Crippen molar-refractivity contribution in [1.29, 1.82) is 0 Å². The van der Waals surface area contributed by atoms with Crippen molar-refractivity contribution in [3.05, 3.63) is 243 Å². The van der Waals surface area contributed by atoms with Crippen molar-refractivity contribution in [3.8, 4) is 39.1 Å². The summed E-state index contributed by atoms with van der Waals surface area (Å²) < 4.78 is 2.44. The van der Waals surface area contributed by atoms with Crippen molar-refractivity contribution in [2.24, 2.45) is 0 Å². The van der Waals surface area contributed by atoms with E-state index in [4.69, 9.17) is 0 Å². The number of aromatic nitrogens is 1. The van der Waals surface area contributed by atoms with Crippen molar-refractivity contribution < 1.29 is 0 Å². The van der Waals surface area contributed by atoms with Gasteiger partial charge in [-0.1, -0.05) is 194 Å². The lowest BCUT2D eigenvalue weighted by molar-refractivity contribution is 1.18. The van der Waals surface area contributed by atoms with Crippen LogP contribution in [-0.4, -0.2) is 4.57 Å². The van der Waals surface area contributed by atoms with E-state index < -0.39 is 0 Å². The molecule has 2 nitrogen and oxygen atoms in total. The zero-order valence-corrected chi connectivity index (χ0v) is 34.0. The molecule has 0 aliphatic heterocycles. The smallest absolute Gasteiger partial charge is 0.0547 e. The number of fused-ring (bicyclic) bond motifs is 7. The van der Waals surface area contributed by atoms with Crippen LogP contribution >= 0.6 is 0 Å². The Morgan fingerprint density at radius 3 is 1.66 bits per heavy atom. The zero-order chi connectivity index (χ0) is 41.0. The van der Waals surface area contributed by atoms with E-state index in [2.05, 4.69) is 252 Å². The highest BCUT2D eigenvalue weighted by Gasteiger charge is 2.23. The first kappa shape index (κ1) is 35.7. The van der Waals surface area contributed by atoms with Gasteiger partial charge in [-0.05, 0) is 97.7 Å². The lowest BCUT2D eigenvalue weighted by Crippen LogP contribution is -2.13. The first-order chi connectivity index (χ1) is 30.8. The van der Waals surface area contributed by atoms with Gasteiger partial charge in [-0.25, -0.2) is 0 Å². The minimum absolute atomic E-state index is 1.10. The molecule has 290 valence electrons. The Bertz CT molecular complexity index is 3650. The molecule has 0 unspecified atom stereocenters. The maximum Gasteiger partial charge on any atom is 0.0547 e. The highest BCUT2D eigenvalue weighted by Crippen LogP contribution is 2.48. The van der Waals surface area contributed by atoms with E-state index >= 15 is 0 Å². The number of benzene rings is 11. The molecule has 1 aromatic heterocycles. The predicted octanol–water partition coefficient (Wildman–Crippen LogP) is 16.7. The minimum atomic E-state index is 1.10. The summed E-state index contributed by atoms with van der Waals surface area (Å²) in [4.78, 5) is 2.49. The standard InChI is InChI=1S/C60H40N2/c1-2-18-42(19-3-1)49-24-10-13-30-55(49)62(58-38-36-48(52-27-8-9-28-53(52)58)46-34-33-41-17-4-5-21-44(41)39-46)56-31-14-11-25-50(56)45-22-16-23-47(40-45)61-57-32-15-12-29-54(57)60-51-26-7-6-20-43(51)35-37-59(60)61/h1-40H. The number of nitrogens with zero attached hydrogens (tertiary/aromatic N) is 2. The molecular formula is C60H40N2. The maximum atomic E-state index is 2.49. The van der Waals surface area contributed by atoms with Crippen molar-refractivity contribution in [3.63, 3.8) is 0 Å². The van der Waals surface area contributed by atoms with Crippen LogP contribution in [-0.2, 0) is 0 Å². The van der Waals surface area contributed by atoms with Gasteiger partial charge in [0, 0.05) is 33.0 Å². The van der Waals surface area contributed by atoms with Gasteiger partial charge in [0.1, 0.15) is 0 Å². The molecule has 1 heterocycles. The van der Waals surface area contributed by atoms with E-state index in [0.29, 0.717) is 0 Å². The van der Waals surface area contributed by atoms with E-state index in [9.17, 15) is 0 Å². The molecule has 0 atom stereocenters. The van der Waals surface area contributed by atoms with Gasteiger partial charge in [-0.2, -0.15) is 0 Å². The number of para-hydroxylation sites is 3. The van der Waals surface area contributed by atoms with Crippen LogP contribution in [0.1, 0.15) is 0 Å². The van der Waals surface area contributed by atoms with Crippen molar-refractivity contribution in [2.75, 3.05) is 4.90 Å². The molecule has 62 heavy (non-hydrogen) atoms. The number of rotatable bonds is 7. The average molecular weight is 789 g/mol. The van der Waals surface area contributed by atoms with Gasteiger partial charge in [0.15, 0.2) is 0 Å². The van der Waals surface area contributed by atoms with Gasteiger partial charge in [0.2, 0.25) is 0 Å². The Hall–Kier alpha value is -8.20. The molecule has 0 amide bonds. The highest BCUT2D eigenvalue weighted by atomic mass is 15.1. The van der Waals surface area contributed by atoms with Gasteiger partial charge in [0.05, 0.1) is 28.1 Å². The summed E-state index contributed by atoms with van der Waals surface area (Å²) in [5.41, 5.74) is 13.9. The summed E-state index contributed by atoms with van der Waals surface area (Å²) in [5.74, 6) is 0. The van der Waals surface area contributed by atoms with Crippen LogP contribution in [0.2, 0.25) is 0 Å². The summed E-state index contributed by atoms with van der Waals surface area (Å²) >= 11 is 0. The topological polar surface area (TPSA) is 8.17 Å². The van der Waals surface area contributed by atoms with Crippen molar-refractivity contribution in [1.82, 2.24) is 4.57 Å². The Morgan fingerprint density at radius 2 is 0.855 bits per heavy atom. The molecule has 2 heteroatoms. The Kier molecular flexibility index (Phi) is 8.53. The van der Waals surface area contributed by atoms with Gasteiger partial charge in [0.25, 0.3) is 0 Å². The summed E-state index contributed by atoms with van der Waals surface area (Å²) in [5, 5.41) is 9.94. The minimum Gasteiger partial charge on any atom is -0.309 e. The van der Waals surface area contributed by atoms with Crippen LogP contribution in [0.3, 0.4) is 0 Å². The van der Waals surface area contributed by atoms with Gasteiger partial charge >= 0.3 is 0 Å². The largest absolute Gasteiger partial charge is 0.309 e. The molecule has 0 spiro atoms. The van der Waals surface area contributed by atoms with E-state index in [1.165, 1.54) is 70.8 Å². The number of hydrogen-bond donors (Lipinski definition) is 0. The molecule has 0 radical (unpaired) electrons. The fraction of sp³-hybridized carbons (Fsp3) is 0. The predicted molar refractivity (Wildman–Crippen MR) is 264 cm³/mol. The molecule has 0 N–H and O–H groups in total. The van der Waals surface area contributed by atoms with Crippen LogP contribution in [0.5, 0.6) is 0 Å². The quantitative estimate of drug-likeness (QED) is 0.156. The zero-order valence-electron chi connectivity index (χ0n) is 34.0. The van der Waals surface area contributed by atoms with E-state index in [1.807, 2.05) is 0 Å². The van der Waals surface area contributed by atoms with Crippen molar-refractivity contribution >= 4 is 71.2 Å². The molecule has 0 aliphatic rings. The van der Waals surface area contributed by atoms with Crippen LogP contribution < -0.4 is 4.90 Å². The second-order valence-electron chi connectivity index (χ2n) is 16.1. The first-order valence-electron chi connectivity index (χ1n) is 21.3. The Balaban J connectivity index is 1.09. The summed E-state index contributed by atoms with van der Waals surface area (Å²) in [7, 11) is 0. The highest BCUT2D eigenvalue weighted by molar-refractivity contribution is 6.21. The molecule has 0 aliphatic carbocycles. The summed E-state index contributed by atoms with van der Waals surface area (Å²) in [6.45, 7) is 0. The third-order valence-electron chi connectivity index (χ3n) is 12.6. The maximum absolute atomic E-state index is 2.49. The monoisotopic (exact) mass is 788 g/mol. The van der Waals surface area contributed by atoms with Gasteiger partial charge in [-0.3, -0.25) is 0 Å². The third kappa shape index (κ3) is 5.88. The summed E-state index contributed by atoms with van der Waals surface area (Å²) in [6, 6.07) is 88.6. The first-order valence-corrected chi connectivity index (χ1v) is 21.3. The lowest BCUT2D eigenvalue weighted by Gasteiger charge is -2.31. The number of hydrogen-bond acceptors (Lipinski definition) is 1. The van der Waals surface area contributed by atoms with Gasteiger partial charge < -0.3 is 9.47 Å². The fourth-order valence-electron chi connectivity index (χ4n) is 9.75. The average Bonchev–Trinajstić information content (AvgIpc) is 3.69. The molecule has 12 rings (SSSR count). The van der Waals surface area contributed by atoms with Crippen LogP contribution in [0, 0.1) is 0 Å². The second-order valence-corrected chi connectivity index (χ2v) is 16.1. The van der Waals surface area contributed by atoms with Crippen LogP contribution in [0.15, 0.2) is 243 Å². The van der Waals surface area contributed by atoms with E-state index in [1.54, 1.807) is 0 Å². The van der Waals surface area contributed by atoms with E-state index in [-0.39, 0.29) is 0 Å². The fourth-order valence-corrected chi connectivity index (χ4v) is 9.75. The van der Waals surface area contributed by atoms with Gasteiger partial charge in [-0.15, -0.1) is 0 Å². The molecule has 11 aromatic carbocycles. The summed E-state index contributed by atoms with van der Waals surface area (Å²) in [6.07, 6.45) is 0. The second kappa shape index (κ2) is 14.8. The Labute approximate surface area is 360 Å². The van der Waals surface area contributed by atoms with Crippen LogP contribution in [0.25, 0.3) is 93.2 Å². The molecule has 0 saturated heterocycles. The van der Waals surface area contributed by atoms with Crippen molar-refractivity contribution in [2.45, 2.75) is 0 Å². The SMILES string of the molecule is c1ccc(-c2ccccc2N(c2ccccc2-c2cccc(-n3c4ccccc4c4c5ccccc5ccc43)c2)c2ccc(-c3ccc4ccccc4c3)c3ccccc23)cc1.